The maximum atomic E-state index is 12.2. The summed E-state index contributed by atoms with van der Waals surface area (Å²) in [5.74, 6) is 0.0946. The highest BCUT2D eigenvalue weighted by molar-refractivity contribution is 7.98. The summed E-state index contributed by atoms with van der Waals surface area (Å²) in [4.78, 5) is 13.4. The number of aryl methyl sites for hydroxylation is 1. The molecule has 2 rings (SSSR count). The lowest BCUT2D eigenvalue weighted by molar-refractivity contribution is -0.121. The van der Waals surface area contributed by atoms with Gasteiger partial charge in [-0.05, 0) is 60.4 Å². The maximum absolute atomic E-state index is 12.2. The Kier molecular flexibility index (Phi) is 8.23. The number of allylic oxidation sites excluding steroid dienone is 1. The molecule has 0 aliphatic rings. The van der Waals surface area contributed by atoms with E-state index in [4.69, 9.17) is 0 Å². The number of thioether (sulfide) groups is 1. The number of rotatable bonds is 9. The molecule has 2 aromatic carbocycles. The number of nitrogens with one attached hydrogen (secondary N) is 1. The third kappa shape index (κ3) is 5.92. The van der Waals surface area contributed by atoms with Crippen LogP contribution in [-0.4, -0.2) is 12.2 Å². The van der Waals surface area contributed by atoms with Gasteiger partial charge in [-0.25, -0.2) is 0 Å². The summed E-state index contributed by atoms with van der Waals surface area (Å²) < 4.78 is 0. The van der Waals surface area contributed by atoms with Gasteiger partial charge in [-0.3, -0.25) is 4.79 Å². The molecule has 1 N–H and O–H groups in total. The Morgan fingerprint density at radius 1 is 1.19 bits per heavy atom. The first-order valence-electron chi connectivity index (χ1n) is 8.94. The molecule has 0 aromatic heterocycles. The maximum Gasteiger partial charge on any atom is 0.220 e. The quantitative estimate of drug-likeness (QED) is 0.576. The Labute approximate surface area is 161 Å². The summed E-state index contributed by atoms with van der Waals surface area (Å²) in [5, 5.41) is 3.03. The lowest BCUT2D eigenvalue weighted by atomic mass is 10.0. The number of carbonyl (C=O) groups excluding carboxylic acids is 1. The topological polar surface area (TPSA) is 29.1 Å². The average Bonchev–Trinajstić information content (AvgIpc) is 2.67. The molecule has 0 heterocycles. The zero-order valence-corrected chi connectivity index (χ0v) is 16.4. The van der Waals surface area contributed by atoms with Gasteiger partial charge in [-0.1, -0.05) is 55.1 Å². The van der Waals surface area contributed by atoms with Gasteiger partial charge in [0.1, 0.15) is 0 Å². The summed E-state index contributed by atoms with van der Waals surface area (Å²) in [6.45, 7) is 6.44. The van der Waals surface area contributed by atoms with Crippen LogP contribution in [0.2, 0.25) is 0 Å². The standard InChI is InChI=1S/C23H27NOS/c1-4-8-19-10-7-11-20(22(19)5-2)17-24-23(25)12-6-9-18-13-15-21(26-3)16-14-18/h4-5,7-8,10-11,13-16H,2,6,9,12,17H2,1,3H3,(H,24,25)/b8-4-. The highest BCUT2D eigenvalue weighted by Gasteiger charge is 2.06. The Morgan fingerprint density at radius 2 is 1.96 bits per heavy atom. The SMILES string of the molecule is C=Cc1c(/C=C\C)cccc1CNC(=O)CCCc1ccc(SC)cc1. The van der Waals surface area contributed by atoms with Gasteiger partial charge in [-0.2, -0.15) is 0 Å². The molecule has 2 aromatic rings. The summed E-state index contributed by atoms with van der Waals surface area (Å²) in [6.07, 6.45) is 10.3. The minimum absolute atomic E-state index is 0.0946. The van der Waals surface area contributed by atoms with E-state index in [1.165, 1.54) is 10.5 Å². The first-order chi connectivity index (χ1) is 12.7. The minimum atomic E-state index is 0.0946. The van der Waals surface area contributed by atoms with Crippen LogP contribution in [0.4, 0.5) is 0 Å². The molecule has 0 radical (unpaired) electrons. The predicted octanol–water partition coefficient (Wildman–Crippen LogP) is 5.72. The van der Waals surface area contributed by atoms with E-state index in [9.17, 15) is 4.79 Å². The average molecular weight is 366 g/mol. The molecule has 0 saturated heterocycles. The van der Waals surface area contributed by atoms with E-state index in [0.717, 1.165) is 29.5 Å². The smallest absolute Gasteiger partial charge is 0.220 e. The van der Waals surface area contributed by atoms with Crippen LogP contribution in [0.1, 0.15) is 42.0 Å². The number of carbonyl (C=O) groups is 1. The Morgan fingerprint density at radius 3 is 2.62 bits per heavy atom. The van der Waals surface area contributed by atoms with Crippen LogP contribution in [0.25, 0.3) is 12.2 Å². The van der Waals surface area contributed by atoms with Gasteiger partial charge >= 0.3 is 0 Å². The molecule has 0 unspecified atom stereocenters. The third-order valence-electron chi connectivity index (χ3n) is 4.28. The van der Waals surface area contributed by atoms with E-state index in [-0.39, 0.29) is 5.91 Å². The van der Waals surface area contributed by atoms with Crippen LogP contribution in [0.15, 0.2) is 60.0 Å². The van der Waals surface area contributed by atoms with Crippen molar-refractivity contribution in [1.82, 2.24) is 5.32 Å². The lowest BCUT2D eigenvalue weighted by Gasteiger charge is -2.11. The number of benzene rings is 2. The molecule has 0 aliphatic carbocycles. The van der Waals surface area contributed by atoms with E-state index < -0.39 is 0 Å². The van der Waals surface area contributed by atoms with Gasteiger partial charge in [0.2, 0.25) is 5.91 Å². The molecule has 26 heavy (non-hydrogen) atoms. The molecular formula is C23H27NOS. The monoisotopic (exact) mass is 365 g/mol. The molecular weight excluding hydrogens is 338 g/mol. The van der Waals surface area contributed by atoms with Gasteiger partial charge in [0.15, 0.2) is 0 Å². The molecule has 0 aliphatic heterocycles. The normalized spacial score (nSPS) is 10.8. The second-order valence-corrected chi connectivity index (χ2v) is 6.98. The summed E-state index contributed by atoms with van der Waals surface area (Å²) in [6, 6.07) is 14.7. The van der Waals surface area contributed by atoms with Crippen molar-refractivity contribution in [2.24, 2.45) is 0 Å². The summed E-state index contributed by atoms with van der Waals surface area (Å²) in [5.41, 5.74) is 4.59. The zero-order valence-electron chi connectivity index (χ0n) is 15.6. The molecule has 0 saturated carbocycles. The van der Waals surface area contributed by atoms with Crippen molar-refractivity contribution in [3.63, 3.8) is 0 Å². The molecule has 0 bridgehead atoms. The Balaban J connectivity index is 1.83. The molecule has 1 amide bonds. The van der Waals surface area contributed by atoms with Gasteiger partial charge in [0.05, 0.1) is 0 Å². The van der Waals surface area contributed by atoms with Crippen LogP contribution < -0.4 is 5.32 Å². The fraction of sp³-hybridized carbons (Fsp3) is 0.261. The zero-order chi connectivity index (χ0) is 18.8. The van der Waals surface area contributed by atoms with Crippen molar-refractivity contribution in [1.29, 1.82) is 0 Å². The highest BCUT2D eigenvalue weighted by atomic mass is 32.2. The van der Waals surface area contributed by atoms with Crippen LogP contribution in [0, 0.1) is 0 Å². The Hall–Kier alpha value is -2.26. The third-order valence-corrected chi connectivity index (χ3v) is 5.03. The number of amides is 1. The molecule has 3 heteroatoms. The number of hydrogen-bond acceptors (Lipinski definition) is 2. The fourth-order valence-electron chi connectivity index (χ4n) is 2.89. The first kappa shape index (κ1) is 20.1. The van der Waals surface area contributed by atoms with Crippen molar-refractivity contribution >= 4 is 29.8 Å². The van der Waals surface area contributed by atoms with Crippen molar-refractivity contribution in [3.8, 4) is 0 Å². The summed E-state index contributed by atoms with van der Waals surface area (Å²) >= 11 is 1.74. The van der Waals surface area contributed by atoms with Gasteiger partial charge in [-0.15, -0.1) is 11.8 Å². The van der Waals surface area contributed by atoms with Gasteiger partial charge in [0, 0.05) is 17.9 Å². The van der Waals surface area contributed by atoms with Crippen molar-refractivity contribution < 1.29 is 4.79 Å². The molecule has 136 valence electrons. The van der Waals surface area contributed by atoms with Crippen molar-refractivity contribution in [2.45, 2.75) is 37.6 Å². The van der Waals surface area contributed by atoms with E-state index in [0.29, 0.717) is 13.0 Å². The second-order valence-electron chi connectivity index (χ2n) is 6.10. The van der Waals surface area contributed by atoms with Gasteiger partial charge in [0.25, 0.3) is 0 Å². The van der Waals surface area contributed by atoms with E-state index in [1.54, 1.807) is 11.8 Å². The largest absolute Gasteiger partial charge is 0.352 e. The highest BCUT2D eigenvalue weighted by Crippen LogP contribution is 2.18. The molecule has 0 spiro atoms. The number of hydrogen-bond donors (Lipinski definition) is 1. The summed E-state index contributed by atoms with van der Waals surface area (Å²) in [7, 11) is 0. The van der Waals surface area contributed by atoms with E-state index in [2.05, 4.69) is 54.6 Å². The Bertz CT molecular complexity index is 762. The van der Waals surface area contributed by atoms with Crippen LogP contribution >= 0.6 is 11.8 Å². The second kappa shape index (κ2) is 10.7. The van der Waals surface area contributed by atoms with Gasteiger partial charge < -0.3 is 5.32 Å². The predicted molar refractivity (Wildman–Crippen MR) is 114 cm³/mol. The van der Waals surface area contributed by atoms with E-state index in [1.807, 2.05) is 31.2 Å². The van der Waals surface area contributed by atoms with E-state index >= 15 is 0 Å². The van der Waals surface area contributed by atoms with Crippen LogP contribution in [-0.2, 0) is 17.8 Å². The lowest BCUT2D eigenvalue weighted by Crippen LogP contribution is -2.23. The van der Waals surface area contributed by atoms with Crippen LogP contribution in [0.5, 0.6) is 0 Å². The molecule has 2 nitrogen and oxygen atoms in total. The van der Waals surface area contributed by atoms with Crippen molar-refractivity contribution in [2.75, 3.05) is 6.26 Å². The first-order valence-corrected chi connectivity index (χ1v) is 10.2. The van der Waals surface area contributed by atoms with Crippen molar-refractivity contribution in [3.05, 3.63) is 77.4 Å². The molecule has 0 atom stereocenters. The fourth-order valence-corrected chi connectivity index (χ4v) is 3.30. The molecule has 0 fully saturated rings. The minimum Gasteiger partial charge on any atom is -0.352 e. The van der Waals surface area contributed by atoms with Crippen LogP contribution in [0.3, 0.4) is 0 Å².